The SMILES string of the molecule is C1=NOOS1. The highest BCUT2D eigenvalue weighted by Crippen LogP contribution is 2.04. The second kappa shape index (κ2) is 1.28. The summed E-state index contributed by atoms with van der Waals surface area (Å²) in [5.41, 5.74) is 1.46. The van der Waals surface area contributed by atoms with E-state index < -0.39 is 0 Å². The molecule has 1 aliphatic heterocycles. The van der Waals surface area contributed by atoms with Gasteiger partial charge in [-0.15, -0.1) is 0 Å². The summed E-state index contributed by atoms with van der Waals surface area (Å²) < 4.78 is 4.14. The predicted molar refractivity (Wildman–Crippen MR) is 18.3 cm³/mol. The molecule has 1 aliphatic rings. The summed E-state index contributed by atoms with van der Waals surface area (Å²) in [5, 5.41) is 3.20. The summed E-state index contributed by atoms with van der Waals surface area (Å²) in [6.07, 6.45) is 0. The average molecular weight is 91.1 g/mol. The van der Waals surface area contributed by atoms with E-state index in [1.165, 1.54) is 5.55 Å². The zero-order valence-corrected chi connectivity index (χ0v) is 3.07. The van der Waals surface area contributed by atoms with Gasteiger partial charge in [0.25, 0.3) is 0 Å². The third-order valence-corrected chi connectivity index (χ3v) is 0.510. The fraction of sp³-hybridized carbons (Fsp3) is 0. The molecule has 0 saturated carbocycles. The quantitative estimate of drug-likeness (QED) is 0.322. The highest BCUT2D eigenvalue weighted by Gasteiger charge is 1.88. The van der Waals surface area contributed by atoms with E-state index in [-0.39, 0.29) is 0 Å². The molecule has 0 aromatic carbocycles. The maximum atomic E-state index is 4.14. The molecule has 0 radical (unpaired) electrons. The van der Waals surface area contributed by atoms with Crippen LogP contribution in [-0.4, -0.2) is 5.55 Å². The molecule has 0 aromatic heterocycles. The van der Waals surface area contributed by atoms with Crippen LogP contribution in [0.5, 0.6) is 0 Å². The highest BCUT2D eigenvalue weighted by molar-refractivity contribution is 8.08. The van der Waals surface area contributed by atoms with Gasteiger partial charge in [-0.05, 0) is 5.16 Å². The number of hydrogen-bond acceptors (Lipinski definition) is 4. The van der Waals surface area contributed by atoms with Crippen molar-refractivity contribution < 1.29 is 9.32 Å². The Morgan fingerprint density at radius 1 is 1.80 bits per heavy atom. The Bertz CT molecular complexity index is 47.6. The summed E-state index contributed by atoms with van der Waals surface area (Å²) in [7, 11) is 0. The van der Waals surface area contributed by atoms with Crippen LogP contribution in [0, 0.1) is 0 Å². The van der Waals surface area contributed by atoms with E-state index in [1.54, 1.807) is 0 Å². The fourth-order valence-electron chi connectivity index (χ4n) is 0.0878. The molecule has 0 N–H and O–H groups in total. The second-order valence-electron chi connectivity index (χ2n) is 0.450. The van der Waals surface area contributed by atoms with Crippen LogP contribution in [0.4, 0.5) is 0 Å². The summed E-state index contributed by atoms with van der Waals surface area (Å²) in [6.45, 7) is 0. The molecule has 5 heavy (non-hydrogen) atoms. The lowest BCUT2D eigenvalue weighted by molar-refractivity contribution is -0.181. The van der Waals surface area contributed by atoms with E-state index in [0.717, 1.165) is 12.0 Å². The molecule has 1 heterocycles. The smallest absolute Gasteiger partial charge is 0.135 e. The third-order valence-electron chi connectivity index (χ3n) is 0.199. The minimum Gasteiger partial charge on any atom is -0.207 e. The zero-order chi connectivity index (χ0) is 3.54. The molecular formula is CHNO2S. The van der Waals surface area contributed by atoms with Crippen molar-refractivity contribution >= 4 is 17.6 Å². The first-order valence-electron chi connectivity index (χ1n) is 1.01. The van der Waals surface area contributed by atoms with E-state index in [4.69, 9.17) is 0 Å². The monoisotopic (exact) mass is 91.0 g/mol. The standard InChI is InChI=1S/CHNO2S/c1-2-3-4-5-1/h1H. The van der Waals surface area contributed by atoms with Crippen molar-refractivity contribution in [1.82, 2.24) is 0 Å². The zero-order valence-electron chi connectivity index (χ0n) is 2.25. The summed E-state index contributed by atoms with van der Waals surface area (Å²) >= 11 is 1.06. The van der Waals surface area contributed by atoms with Gasteiger partial charge in [0.2, 0.25) is 0 Å². The molecule has 0 saturated heterocycles. The molecule has 0 amide bonds. The first-order chi connectivity index (χ1) is 2.50. The Kier molecular flexibility index (Phi) is 0.764. The molecule has 28 valence electrons. The topological polar surface area (TPSA) is 30.8 Å². The van der Waals surface area contributed by atoms with Crippen LogP contribution in [0.25, 0.3) is 0 Å². The molecular weight excluding hydrogens is 90.1 g/mol. The number of hydrogen-bond donors (Lipinski definition) is 0. The van der Waals surface area contributed by atoms with Gasteiger partial charge in [0.15, 0.2) is 0 Å². The van der Waals surface area contributed by atoms with Crippen molar-refractivity contribution in [1.29, 1.82) is 0 Å². The molecule has 0 aliphatic carbocycles. The van der Waals surface area contributed by atoms with Crippen LogP contribution >= 0.6 is 12.0 Å². The molecule has 0 fully saturated rings. The van der Waals surface area contributed by atoms with E-state index in [9.17, 15) is 0 Å². The number of oxime groups is 1. The Morgan fingerprint density at radius 2 is 2.80 bits per heavy atom. The van der Waals surface area contributed by atoms with Gasteiger partial charge >= 0.3 is 0 Å². The highest BCUT2D eigenvalue weighted by atomic mass is 32.2. The number of rotatable bonds is 0. The van der Waals surface area contributed by atoms with Gasteiger partial charge in [0.1, 0.15) is 5.55 Å². The normalized spacial score (nSPS) is 19.2. The predicted octanol–water partition coefficient (Wildman–Crippen LogP) is 0.540. The van der Waals surface area contributed by atoms with Gasteiger partial charge in [-0.1, -0.05) is 4.33 Å². The van der Waals surface area contributed by atoms with Gasteiger partial charge < -0.3 is 0 Å². The van der Waals surface area contributed by atoms with Crippen molar-refractivity contribution in [3.8, 4) is 0 Å². The molecule has 0 aromatic rings. The Labute approximate surface area is 33.1 Å². The molecule has 0 spiro atoms. The first kappa shape index (κ1) is 2.99. The number of nitrogens with zero attached hydrogens (tertiary/aromatic N) is 1. The van der Waals surface area contributed by atoms with Crippen LogP contribution < -0.4 is 0 Å². The van der Waals surface area contributed by atoms with Crippen molar-refractivity contribution in [3.63, 3.8) is 0 Å². The van der Waals surface area contributed by atoms with Crippen molar-refractivity contribution in [3.05, 3.63) is 0 Å². The Hall–Kier alpha value is -0.220. The molecule has 0 unspecified atom stereocenters. The largest absolute Gasteiger partial charge is 0.207 e. The summed E-state index contributed by atoms with van der Waals surface area (Å²) in [4.78, 5) is 3.98. The lowest BCUT2D eigenvalue weighted by atomic mass is 11.7. The molecule has 0 atom stereocenters. The molecule has 3 nitrogen and oxygen atoms in total. The Morgan fingerprint density at radius 3 is 3.00 bits per heavy atom. The van der Waals surface area contributed by atoms with Crippen LogP contribution in [-0.2, 0) is 9.32 Å². The summed E-state index contributed by atoms with van der Waals surface area (Å²) in [5.74, 6) is 0. The van der Waals surface area contributed by atoms with Gasteiger partial charge in [0, 0.05) is 0 Å². The maximum Gasteiger partial charge on any atom is 0.135 e. The van der Waals surface area contributed by atoms with E-state index in [0.29, 0.717) is 0 Å². The van der Waals surface area contributed by atoms with Crippen LogP contribution in [0.3, 0.4) is 0 Å². The molecule has 1 rings (SSSR count). The van der Waals surface area contributed by atoms with Gasteiger partial charge in [-0.3, -0.25) is 0 Å². The molecule has 4 heteroatoms. The van der Waals surface area contributed by atoms with Gasteiger partial charge in [-0.25, -0.2) is 4.99 Å². The van der Waals surface area contributed by atoms with Crippen LogP contribution in [0.1, 0.15) is 0 Å². The second-order valence-corrected chi connectivity index (χ2v) is 0.989. The van der Waals surface area contributed by atoms with E-state index in [2.05, 4.69) is 14.5 Å². The van der Waals surface area contributed by atoms with Gasteiger partial charge in [0.05, 0.1) is 12.0 Å². The lowest BCUT2D eigenvalue weighted by Crippen LogP contribution is -1.58. The summed E-state index contributed by atoms with van der Waals surface area (Å²) in [6, 6.07) is 0. The fourth-order valence-corrected chi connectivity index (χ4v) is 0.264. The van der Waals surface area contributed by atoms with Crippen LogP contribution in [0.2, 0.25) is 0 Å². The van der Waals surface area contributed by atoms with Crippen molar-refractivity contribution in [2.24, 2.45) is 5.16 Å². The maximum absolute atomic E-state index is 4.14. The molecule has 0 bridgehead atoms. The van der Waals surface area contributed by atoms with Gasteiger partial charge in [-0.2, -0.15) is 0 Å². The minimum absolute atomic E-state index is 1.06. The van der Waals surface area contributed by atoms with Crippen molar-refractivity contribution in [2.45, 2.75) is 0 Å². The third kappa shape index (κ3) is 0.524. The van der Waals surface area contributed by atoms with Crippen LogP contribution in [0.15, 0.2) is 5.16 Å². The van der Waals surface area contributed by atoms with E-state index in [1.807, 2.05) is 0 Å². The lowest BCUT2D eigenvalue weighted by Gasteiger charge is -1.72. The minimum atomic E-state index is 1.06. The Balaban J connectivity index is 2.32. The van der Waals surface area contributed by atoms with Crippen molar-refractivity contribution in [2.75, 3.05) is 0 Å². The average Bonchev–Trinajstić information content (AvgIpc) is 1.76. The van der Waals surface area contributed by atoms with E-state index >= 15 is 0 Å². The first-order valence-corrected chi connectivity index (χ1v) is 1.81.